The highest BCUT2D eigenvalue weighted by atomic mass is 16.5. The number of benzene rings is 2. The lowest BCUT2D eigenvalue weighted by Gasteiger charge is -2.50. The van der Waals surface area contributed by atoms with Crippen LogP contribution in [0, 0.1) is 11.3 Å². The van der Waals surface area contributed by atoms with Gasteiger partial charge in [-0.05, 0) is 23.6 Å². The first-order valence-electron chi connectivity index (χ1n) is 10.9. The Kier molecular flexibility index (Phi) is 6.28. The van der Waals surface area contributed by atoms with Gasteiger partial charge in [0.15, 0.2) is 0 Å². The van der Waals surface area contributed by atoms with E-state index in [9.17, 15) is 9.59 Å². The van der Waals surface area contributed by atoms with Gasteiger partial charge in [-0.3, -0.25) is 14.5 Å². The number of ether oxygens (including phenoxy) is 1. The van der Waals surface area contributed by atoms with Crippen LogP contribution in [0.4, 0.5) is 0 Å². The maximum absolute atomic E-state index is 12.8. The number of hydrogen-bond acceptors (Lipinski definition) is 4. The Bertz CT molecular complexity index is 925. The van der Waals surface area contributed by atoms with E-state index in [1.54, 1.807) is 14.2 Å². The third-order valence-electron chi connectivity index (χ3n) is 6.70. The number of hydrogen-bond donors (Lipinski definition) is 1. The molecule has 1 atom stereocenters. The van der Waals surface area contributed by atoms with Crippen LogP contribution in [0.5, 0.6) is 5.75 Å². The van der Waals surface area contributed by atoms with Crippen molar-refractivity contribution in [2.45, 2.75) is 19.4 Å². The molecule has 0 radical (unpaired) electrons. The molecule has 2 saturated heterocycles. The van der Waals surface area contributed by atoms with Gasteiger partial charge in [0.2, 0.25) is 11.8 Å². The molecule has 164 valence electrons. The third kappa shape index (κ3) is 4.44. The smallest absolute Gasteiger partial charge is 0.224 e. The lowest BCUT2D eigenvalue weighted by molar-refractivity contribution is -0.149. The van der Waals surface area contributed by atoms with Gasteiger partial charge < -0.3 is 15.0 Å². The topological polar surface area (TPSA) is 61.9 Å². The highest BCUT2D eigenvalue weighted by molar-refractivity contribution is 5.82. The molecule has 2 aliphatic rings. The molecular formula is C25H31N3O3. The summed E-state index contributed by atoms with van der Waals surface area (Å²) in [7, 11) is 3.35. The second-order valence-corrected chi connectivity index (χ2v) is 8.75. The lowest BCUT2D eigenvalue weighted by atomic mass is 9.71. The van der Waals surface area contributed by atoms with E-state index in [4.69, 9.17) is 4.74 Å². The van der Waals surface area contributed by atoms with Gasteiger partial charge in [0.25, 0.3) is 0 Å². The molecule has 0 aliphatic carbocycles. The summed E-state index contributed by atoms with van der Waals surface area (Å²) >= 11 is 0. The Morgan fingerprint density at radius 2 is 1.77 bits per heavy atom. The fraction of sp³-hybridized carbons (Fsp3) is 0.440. The summed E-state index contributed by atoms with van der Waals surface area (Å²) in [4.78, 5) is 29.7. The average molecular weight is 422 g/mol. The van der Waals surface area contributed by atoms with Crippen molar-refractivity contribution < 1.29 is 14.3 Å². The van der Waals surface area contributed by atoms with E-state index in [-0.39, 0.29) is 23.1 Å². The minimum Gasteiger partial charge on any atom is -0.496 e. The van der Waals surface area contributed by atoms with Crippen molar-refractivity contribution in [3.05, 3.63) is 65.7 Å². The Labute approximate surface area is 184 Å². The predicted molar refractivity (Wildman–Crippen MR) is 120 cm³/mol. The summed E-state index contributed by atoms with van der Waals surface area (Å²) in [6.45, 7) is 3.72. The van der Waals surface area contributed by atoms with Gasteiger partial charge in [0.1, 0.15) is 5.75 Å². The SMILES string of the molecule is CNC(=O)C1CN(Cc2ccccc2)CC12CN(C(=O)CCc1ccccc1OC)C2. The summed E-state index contributed by atoms with van der Waals surface area (Å²) in [6, 6.07) is 18.2. The van der Waals surface area contributed by atoms with Crippen molar-refractivity contribution in [1.29, 1.82) is 0 Å². The summed E-state index contributed by atoms with van der Waals surface area (Å²) in [5, 5.41) is 2.84. The summed E-state index contributed by atoms with van der Waals surface area (Å²) in [6.07, 6.45) is 1.11. The molecule has 31 heavy (non-hydrogen) atoms. The van der Waals surface area contributed by atoms with Crippen molar-refractivity contribution in [1.82, 2.24) is 15.1 Å². The van der Waals surface area contributed by atoms with Crippen LogP contribution < -0.4 is 10.1 Å². The minimum absolute atomic E-state index is 0.0803. The van der Waals surface area contributed by atoms with Crippen molar-refractivity contribution >= 4 is 11.8 Å². The van der Waals surface area contributed by atoms with Gasteiger partial charge in [-0.1, -0.05) is 48.5 Å². The molecule has 2 fully saturated rings. The van der Waals surface area contributed by atoms with Gasteiger partial charge in [-0.15, -0.1) is 0 Å². The number of nitrogens with zero attached hydrogens (tertiary/aromatic N) is 2. The van der Waals surface area contributed by atoms with Crippen molar-refractivity contribution in [2.24, 2.45) is 11.3 Å². The first-order valence-corrected chi connectivity index (χ1v) is 10.9. The van der Waals surface area contributed by atoms with Gasteiger partial charge >= 0.3 is 0 Å². The highest BCUT2D eigenvalue weighted by Gasteiger charge is 2.57. The lowest BCUT2D eigenvalue weighted by Crippen LogP contribution is -2.63. The molecule has 0 saturated carbocycles. The van der Waals surface area contributed by atoms with E-state index >= 15 is 0 Å². The Morgan fingerprint density at radius 3 is 2.48 bits per heavy atom. The molecule has 6 heteroatoms. The van der Waals surface area contributed by atoms with Gasteiger partial charge in [0, 0.05) is 51.6 Å². The monoisotopic (exact) mass is 421 g/mol. The molecule has 1 spiro atoms. The molecule has 2 aromatic carbocycles. The normalized spacial score (nSPS) is 19.8. The molecule has 2 aromatic rings. The van der Waals surface area contributed by atoms with Crippen molar-refractivity contribution in [3.8, 4) is 5.75 Å². The maximum atomic E-state index is 12.8. The fourth-order valence-corrected chi connectivity index (χ4v) is 5.09. The van der Waals surface area contributed by atoms with Crippen LogP contribution in [-0.4, -0.2) is 62.0 Å². The first-order chi connectivity index (χ1) is 15.0. The maximum Gasteiger partial charge on any atom is 0.224 e. The zero-order chi connectivity index (χ0) is 21.8. The van der Waals surface area contributed by atoms with Crippen molar-refractivity contribution in [3.63, 3.8) is 0 Å². The van der Waals surface area contributed by atoms with Gasteiger partial charge in [-0.2, -0.15) is 0 Å². The average Bonchev–Trinajstić information content (AvgIpc) is 3.16. The molecule has 2 aliphatic heterocycles. The number of carbonyl (C=O) groups is 2. The van der Waals surface area contributed by atoms with Crippen LogP contribution in [-0.2, 0) is 22.6 Å². The molecular weight excluding hydrogens is 390 g/mol. The van der Waals surface area contributed by atoms with E-state index in [2.05, 4.69) is 22.3 Å². The third-order valence-corrected chi connectivity index (χ3v) is 6.70. The quantitative estimate of drug-likeness (QED) is 0.746. The van der Waals surface area contributed by atoms with Crippen LogP contribution in [0.3, 0.4) is 0 Å². The number of likely N-dealkylation sites (tertiary alicyclic amines) is 2. The largest absolute Gasteiger partial charge is 0.496 e. The molecule has 2 heterocycles. The number of amides is 2. The van der Waals surface area contributed by atoms with Crippen LogP contribution in [0.2, 0.25) is 0 Å². The number of methoxy groups -OCH3 is 1. The van der Waals surface area contributed by atoms with Gasteiger partial charge in [0.05, 0.1) is 13.0 Å². The van der Waals surface area contributed by atoms with Crippen LogP contribution in [0.25, 0.3) is 0 Å². The summed E-state index contributed by atoms with van der Waals surface area (Å²) in [5.74, 6) is 0.965. The Hall–Kier alpha value is -2.86. The minimum atomic E-state index is -0.144. The number of carbonyl (C=O) groups excluding carboxylic acids is 2. The number of rotatable bonds is 7. The Balaban J connectivity index is 1.37. The molecule has 0 aromatic heterocycles. The fourth-order valence-electron chi connectivity index (χ4n) is 5.09. The first kappa shape index (κ1) is 21.4. The van der Waals surface area contributed by atoms with E-state index in [0.717, 1.165) is 30.9 Å². The van der Waals surface area contributed by atoms with Crippen LogP contribution in [0.15, 0.2) is 54.6 Å². The second kappa shape index (κ2) is 9.10. The molecule has 4 rings (SSSR count). The van der Waals surface area contributed by atoms with Gasteiger partial charge in [-0.25, -0.2) is 0 Å². The molecule has 1 unspecified atom stereocenters. The standard InChI is InChI=1S/C25H31N3O3/c1-26-24(30)21-15-27(14-19-8-4-3-5-9-19)16-25(21)17-28(18-25)23(29)13-12-20-10-6-7-11-22(20)31-2/h3-11,21H,12-18H2,1-2H3,(H,26,30). The van der Waals surface area contributed by atoms with E-state index in [1.807, 2.05) is 47.4 Å². The highest BCUT2D eigenvalue weighted by Crippen LogP contribution is 2.44. The van der Waals surface area contributed by atoms with Crippen LogP contribution >= 0.6 is 0 Å². The zero-order valence-electron chi connectivity index (χ0n) is 18.3. The number of aryl methyl sites for hydroxylation is 1. The predicted octanol–water partition coefficient (Wildman–Crippen LogP) is 2.33. The molecule has 1 N–H and O–H groups in total. The van der Waals surface area contributed by atoms with E-state index in [1.165, 1.54) is 5.56 Å². The van der Waals surface area contributed by atoms with E-state index in [0.29, 0.717) is 25.9 Å². The number of nitrogens with one attached hydrogen (secondary N) is 1. The molecule has 0 bridgehead atoms. The number of para-hydroxylation sites is 1. The zero-order valence-corrected chi connectivity index (χ0v) is 18.3. The molecule has 6 nitrogen and oxygen atoms in total. The van der Waals surface area contributed by atoms with Crippen molar-refractivity contribution in [2.75, 3.05) is 40.3 Å². The summed E-state index contributed by atoms with van der Waals surface area (Å²) in [5.41, 5.74) is 2.15. The van der Waals surface area contributed by atoms with Crippen LogP contribution in [0.1, 0.15) is 17.5 Å². The van der Waals surface area contributed by atoms with E-state index < -0.39 is 0 Å². The summed E-state index contributed by atoms with van der Waals surface area (Å²) < 4.78 is 5.39. The second-order valence-electron chi connectivity index (χ2n) is 8.75. The Morgan fingerprint density at radius 1 is 1.06 bits per heavy atom. The molecule has 2 amide bonds.